The lowest BCUT2D eigenvalue weighted by Crippen LogP contribution is -2.20. The van der Waals surface area contributed by atoms with E-state index in [0.29, 0.717) is 44.9 Å². The summed E-state index contributed by atoms with van der Waals surface area (Å²) in [5.74, 6) is 1.45. The van der Waals surface area contributed by atoms with Crippen LogP contribution in [0.1, 0.15) is 11.1 Å². The second kappa shape index (κ2) is 10.3. The first kappa shape index (κ1) is 24.1. The molecule has 0 bridgehead atoms. The van der Waals surface area contributed by atoms with Gasteiger partial charge in [0.1, 0.15) is 29.5 Å². The normalized spacial score (nSPS) is 11.4. The average Bonchev–Trinajstić information content (AvgIpc) is 3.40. The van der Waals surface area contributed by atoms with Gasteiger partial charge < -0.3 is 13.9 Å². The molecular weight excluding hydrogens is 497 g/mol. The molecule has 0 amide bonds. The zero-order valence-electron chi connectivity index (χ0n) is 20.9. The quantitative estimate of drug-likeness (QED) is 0.228. The molecule has 2 heterocycles. The summed E-state index contributed by atoms with van der Waals surface area (Å²) in [6.07, 6.45) is 1.53. The minimum atomic E-state index is -0.350. The maximum absolute atomic E-state index is 13.6. The molecule has 2 aromatic heterocycles. The molecule has 192 valence electrons. The minimum Gasteiger partial charge on any atom is -0.496 e. The fraction of sp³-hybridized carbons (Fsp3) is 0.0645. The third-order valence-corrected chi connectivity index (χ3v) is 6.23. The van der Waals surface area contributed by atoms with Crippen LogP contribution in [0.2, 0.25) is 0 Å². The minimum absolute atomic E-state index is 0.173. The number of fused-ring (bicyclic) bond motifs is 2. The first-order chi connectivity index (χ1) is 19.1. The van der Waals surface area contributed by atoms with E-state index in [1.54, 1.807) is 49.6 Å². The first-order valence-corrected chi connectivity index (χ1v) is 12.2. The predicted molar refractivity (Wildman–Crippen MR) is 148 cm³/mol. The number of methoxy groups -OCH3 is 1. The molecule has 6 aromatic rings. The summed E-state index contributed by atoms with van der Waals surface area (Å²) >= 11 is 0. The van der Waals surface area contributed by atoms with Gasteiger partial charge in [0.2, 0.25) is 5.82 Å². The van der Waals surface area contributed by atoms with Gasteiger partial charge in [-0.1, -0.05) is 42.5 Å². The van der Waals surface area contributed by atoms with Crippen molar-refractivity contribution in [2.24, 2.45) is 5.10 Å². The van der Waals surface area contributed by atoms with Crippen LogP contribution in [-0.4, -0.2) is 23.0 Å². The molecule has 0 spiro atoms. The van der Waals surface area contributed by atoms with Crippen molar-refractivity contribution < 1.29 is 18.3 Å². The molecule has 7 nitrogen and oxygen atoms in total. The molecule has 0 unspecified atom stereocenters. The van der Waals surface area contributed by atoms with Crippen LogP contribution in [0.25, 0.3) is 33.5 Å². The number of nitrogens with zero attached hydrogens (tertiary/aromatic N) is 3. The molecule has 0 aliphatic rings. The Kier molecular flexibility index (Phi) is 6.34. The van der Waals surface area contributed by atoms with Crippen molar-refractivity contribution in [3.05, 3.63) is 124 Å². The highest BCUT2D eigenvalue weighted by molar-refractivity contribution is 5.89. The largest absolute Gasteiger partial charge is 0.496 e. The lowest BCUT2D eigenvalue weighted by molar-refractivity contribution is 0.305. The summed E-state index contributed by atoms with van der Waals surface area (Å²) in [5, 5.41) is 5.70. The molecule has 39 heavy (non-hydrogen) atoms. The van der Waals surface area contributed by atoms with Gasteiger partial charge in [-0.2, -0.15) is 9.78 Å². The number of rotatable bonds is 7. The lowest BCUT2D eigenvalue weighted by Gasteiger charge is -2.10. The molecular formula is C31H22FN3O4. The third-order valence-electron chi connectivity index (χ3n) is 6.23. The molecule has 0 saturated heterocycles. The second-order valence-corrected chi connectivity index (χ2v) is 8.75. The van der Waals surface area contributed by atoms with Crippen LogP contribution in [0.4, 0.5) is 4.39 Å². The van der Waals surface area contributed by atoms with Gasteiger partial charge in [0.25, 0.3) is 5.56 Å². The Hall–Kier alpha value is -5.24. The lowest BCUT2D eigenvalue weighted by atomic mass is 10.2. The monoisotopic (exact) mass is 519 g/mol. The van der Waals surface area contributed by atoms with Crippen LogP contribution in [0.3, 0.4) is 0 Å². The maximum Gasteiger partial charge on any atom is 0.282 e. The summed E-state index contributed by atoms with van der Waals surface area (Å²) in [6.45, 7) is 0.173. The molecule has 8 heteroatoms. The van der Waals surface area contributed by atoms with Gasteiger partial charge >= 0.3 is 0 Å². The molecule has 0 N–H and O–H groups in total. The molecule has 4 aromatic carbocycles. The van der Waals surface area contributed by atoms with Crippen molar-refractivity contribution in [3.8, 4) is 23.1 Å². The Morgan fingerprint density at radius 2 is 1.72 bits per heavy atom. The van der Waals surface area contributed by atoms with Gasteiger partial charge in [0, 0.05) is 5.56 Å². The van der Waals surface area contributed by atoms with Crippen LogP contribution in [-0.2, 0) is 6.61 Å². The second-order valence-electron chi connectivity index (χ2n) is 8.75. The van der Waals surface area contributed by atoms with Gasteiger partial charge in [0.05, 0.1) is 29.6 Å². The van der Waals surface area contributed by atoms with Crippen molar-refractivity contribution in [3.63, 3.8) is 0 Å². The van der Waals surface area contributed by atoms with E-state index in [9.17, 15) is 9.18 Å². The van der Waals surface area contributed by atoms with E-state index in [0.717, 1.165) is 5.39 Å². The van der Waals surface area contributed by atoms with Crippen LogP contribution in [0.5, 0.6) is 11.5 Å². The summed E-state index contributed by atoms with van der Waals surface area (Å²) in [5.41, 5.74) is 2.09. The standard InChI is InChI=1S/C31H22FN3O4/c1-37-27-14-7-15-28-24(27)17-29(39-28)30-34-25-12-4-3-11-23(25)31(36)35(30)33-18-21-9-2-5-13-26(21)38-19-20-8-6-10-22(32)16-20/h2-18H,19H2,1H3. The molecule has 0 aliphatic carbocycles. The Labute approximate surface area is 222 Å². The van der Waals surface area contributed by atoms with Gasteiger partial charge in [0.15, 0.2) is 5.76 Å². The SMILES string of the molecule is COc1cccc2oc(-c3nc4ccccc4c(=O)n3N=Cc3ccccc3OCc3cccc(F)c3)cc12. The van der Waals surface area contributed by atoms with E-state index in [1.165, 1.54) is 23.0 Å². The van der Waals surface area contributed by atoms with Gasteiger partial charge in [-0.15, -0.1) is 0 Å². The zero-order chi connectivity index (χ0) is 26.8. The Morgan fingerprint density at radius 3 is 2.59 bits per heavy atom. The van der Waals surface area contributed by atoms with Crippen molar-refractivity contribution in [2.45, 2.75) is 6.61 Å². The van der Waals surface area contributed by atoms with Crippen LogP contribution in [0, 0.1) is 5.82 Å². The number of ether oxygens (including phenoxy) is 2. The predicted octanol–water partition coefficient (Wildman–Crippen LogP) is 6.42. The van der Waals surface area contributed by atoms with Crippen molar-refractivity contribution >= 4 is 28.1 Å². The first-order valence-electron chi connectivity index (χ1n) is 12.2. The van der Waals surface area contributed by atoms with E-state index >= 15 is 0 Å². The Morgan fingerprint density at radius 1 is 0.923 bits per heavy atom. The van der Waals surface area contributed by atoms with Gasteiger partial charge in [-0.25, -0.2) is 9.37 Å². The van der Waals surface area contributed by atoms with Crippen molar-refractivity contribution in [1.82, 2.24) is 9.66 Å². The maximum atomic E-state index is 13.6. The molecule has 6 rings (SSSR count). The number of hydrogen-bond acceptors (Lipinski definition) is 6. The topological polar surface area (TPSA) is 78.9 Å². The van der Waals surface area contributed by atoms with E-state index in [4.69, 9.17) is 18.9 Å². The smallest absolute Gasteiger partial charge is 0.282 e. The number of para-hydroxylation sites is 2. The Bertz CT molecular complexity index is 1910. The number of hydrogen-bond donors (Lipinski definition) is 0. The van der Waals surface area contributed by atoms with Crippen molar-refractivity contribution in [1.29, 1.82) is 0 Å². The van der Waals surface area contributed by atoms with Crippen LogP contribution >= 0.6 is 0 Å². The molecule has 0 atom stereocenters. The summed E-state index contributed by atoms with van der Waals surface area (Å²) in [4.78, 5) is 18.3. The van der Waals surface area contributed by atoms with E-state index in [1.807, 2.05) is 42.5 Å². The van der Waals surface area contributed by atoms with Gasteiger partial charge in [-0.05, 0) is 60.2 Å². The Balaban J connectivity index is 1.43. The van der Waals surface area contributed by atoms with Crippen LogP contribution in [0.15, 0.2) is 111 Å². The number of furan rings is 1. The fourth-order valence-corrected chi connectivity index (χ4v) is 4.34. The van der Waals surface area contributed by atoms with Crippen molar-refractivity contribution in [2.75, 3.05) is 7.11 Å². The summed E-state index contributed by atoms with van der Waals surface area (Å²) < 4.78 is 32.3. The molecule has 0 aliphatic heterocycles. The average molecular weight is 520 g/mol. The highest BCUT2D eigenvalue weighted by Crippen LogP contribution is 2.33. The zero-order valence-corrected chi connectivity index (χ0v) is 20.9. The molecule has 0 saturated carbocycles. The number of aromatic nitrogens is 2. The van der Waals surface area contributed by atoms with Crippen LogP contribution < -0.4 is 15.0 Å². The fourth-order valence-electron chi connectivity index (χ4n) is 4.34. The summed E-state index contributed by atoms with van der Waals surface area (Å²) in [6, 6.07) is 27.8. The summed E-state index contributed by atoms with van der Waals surface area (Å²) in [7, 11) is 1.59. The highest BCUT2D eigenvalue weighted by Gasteiger charge is 2.18. The number of benzene rings is 4. The van der Waals surface area contributed by atoms with E-state index < -0.39 is 0 Å². The van der Waals surface area contributed by atoms with Gasteiger partial charge in [-0.3, -0.25) is 4.79 Å². The number of halogens is 1. The van der Waals surface area contributed by atoms with E-state index in [2.05, 4.69) is 5.10 Å². The highest BCUT2D eigenvalue weighted by atomic mass is 19.1. The van der Waals surface area contributed by atoms with E-state index in [-0.39, 0.29) is 23.8 Å². The molecule has 0 fully saturated rings. The molecule has 0 radical (unpaired) electrons. The third kappa shape index (κ3) is 4.75.